The Labute approximate surface area is 161 Å². The zero-order chi connectivity index (χ0) is 19.8. The molecule has 0 aliphatic heterocycles. The number of aromatic amines is 1. The normalized spacial score (nSPS) is 15.8. The topological polar surface area (TPSA) is 118 Å². The van der Waals surface area contributed by atoms with Crippen LogP contribution in [0.1, 0.15) is 56.6 Å². The molecule has 0 saturated heterocycles. The number of fused-ring (bicyclic) bond motifs is 2. The number of amides is 2. The molecule has 1 aliphatic rings. The number of carbonyl (C=O) groups is 2. The molecule has 1 aromatic carbocycles. The van der Waals surface area contributed by atoms with Crippen LogP contribution in [0.4, 0.5) is 0 Å². The molecule has 0 bridgehead atoms. The van der Waals surface area contributed by atoms with Crippen LogP contribution in [0.3, 0.4) is 0 Å². The predicted octanol–water partition coefficient (Wildman–Crippen LogP) is 2.14. The molecule has 0 saturated carbocycles. The molecule has 2 aromatic heterocycles. The number of H-pyrrole nitrogens is 1. The van der Waals surface area contributed by atoms with Crippen molar-refractivity contribution in [2.75, 3.05) is 0 Å². The van der Waals surface area contributed by atoms with E-state index in [1.807, 2.05) is 31.2 Å². The molecule has 2 amide bonds. The molecule has 28 heavy (non-hydrogen) atoms. The van der Waals surface area contributed by atoms with Gasteiger partial charge in [-0.05, 0) is 49.9 Å². The molecule has 0 fully saturated rings. The van der Waals surface area contributed by atoms with E-state index in [1.54, 1.807) is 6.07 Å². The number of nitrogens with two attached hydrogens (primary N) is 1. The Bertz CT molecular complexity index is 1170. The van der Waals surface area contributed by atoms with Crippen LogP contribution in [0.2, 0.25) is 0 Å². The summed E-state index contributed by atoms with van der Waals surface area (Å²) in [5, 5.41) is 3.83. The van der Waals surface area contributed by atoms with E-state index in [-0.39, 0.29) is 17.5 Å². The highest BCUT2D eigenvalue weighted by molar-refractivity contribution is 6.06. The Morgan fingerprint density at radius 1 is 1.21 bits per heavy atom. The third-order valence-corrected chi connectivity index (χ3v) is 5.11. The van der Waals surface area contributed by atoms with E-state index in [0.29, 0.717) is 18.4 Å². The molecule has 7 heteroatoms. The summed E-state index contributed by atoms with van der Waals surface area (Å²) in [6.07, 6.45) is 2.22. The van der Waals surface area contributed by atoms with E-state index in [1.165, 1.54) is 6.07 Å². The molecule has 142 valence electrons. The van der Waals surface area contributed by atoms with Gasteiger partial charge >= 0.3 is 0 Å². The van der Waals surface area contributed by atoms with Gasteiger partial charge in [0.15, 0.2) is 0 Å². The van der Waals surface area contributed by atoms with Gasteiger partial charge in [-0.15, -0.1) is 0 Å². The number of aromatic nitrogens is 2. The minimum atomic E-state index is -0.782. The van der Waals surface area contributed by atoms with Gasteiger partial charge in [-0.2, -0.15) is 0 Å². The summed E-state index contributed by atoms with van der Waals surface area (Å²) in [4.78, 5) is 43.9. The van der Waals surface area contributed by atoms with Crippen molar-refractivity contribution >= 4 is 22.7 Å². The molecule has 0 spiro atoms. The molecule has 4 rings (SSSR count). The summed E-state index contributed by atoms with van der Waals surface area (Å²) in [5.41, 5.74) is 8.27. The Balaban J connectivity index is 1.72. The number of aryl methyl sites for hydroxylation is 2. The number of para-hydroxylation sites is 1. The number of nitrogens with one attached hydrogen (secondary N) is 2. The van der Waals surface area contributed by atoms with Crippen molar-refractivity contribution in [3.8, 4) is 0 Å². The average molecular weight is 376 g/mol. The van der Waals surface area contributed by atoms with Gasteiger partial charge in [0.25, 0.3) is 17.4 Å². The molecule has 1 aliphatic carbocycles. The largest absolute Gasteiger partial charge is 0.365 e. The van der Waals surface area contributed by atoms with E-state index >= 15 is 0 Å². The smallest absolute Gasteiger partial charge is 0.261 e. The summed E-state index contributed by atoms with van der Waals surface area (Å²) in [6, 6.07) is 10.5. The van der Waals surface area contributed by atoms with Crippen molar-refractivity contribution in [3.05, 3.63) is 74.8 Å². The second-order valence-corrected chi connectivity index (χ2v) is 7.06. The second-order valence-electron chi connectivity index (χ2n) is 7.06. The highest BCUT2D eigenvalue weighted by atomic mass is 16.2. The maximum atomic E-state index is 13.1. The third-order valence-electron chi connectivity index (χ3n) is 5.11. The van der Waals surface area contributed by atoms with Crippen LogP contribution in [0.25, 0.3) is 10.9 Å². The summed E-state index contributed by atoms with van der Waals surface area (Å²) < 4.78 is 0. The monoisotopic (exact) mass is 376 g/mol. The van der Waals surface area contributed by atoms with Gasteiger partial charge in [-0.25, -0.2) is 0 Å². The SMILES string of the molecule is Cc1cc(C(=O)NC2CCCc3[nH]c(=O)c(C(N)=O)cc32)c2ccccc2n1. The number of carbonyl (C=O) groups excluding carboxylic acids is 2. The van der Waals surface area contributed by atoms with Crippen molar-refractivity contribution in [1.82, 2.24) is 15.3 Å². The first-order chi connectivity index (χ1) is 13.4. The standard InChI is InChI=1S/C21H20N4O3/c1-11-9-13(12-5-2-3-6-16(12)23-11)20(27)24-17-7-4-8-18-14(17)10-15(19(22)26)21(28)25-18/h2-3,5-6,9-10,17H,4,7-8H2,1H3,(H2,22,26)(H,24,27)(H,25,28). The van der Waals surface area contributed by atoms with Gasteiger partial charge in [0, 0.05) is 16.8 Å². The van der Waals surface area contributed by atoms with E-state index in [4.69, 9.17) is 5.73 Å². The van der Waals surface area contributed by atoms with Gasteiger partial charge in [0.05, 0.1) is 17.1 Å². The maximum Gasteiger partial charge on any atom is 0.261 e. The zero-order valence-electron chi connectivity index (χ0n) is 15.4. The number of rotatable bonds is 3. The first-order valence-electron chi connectivity index (χ1n) is 9.17. The zero-order valence-corrected chi connectivity index (χ0v) is 15.4. The van der Waals surface area contributed by atoms with Crippen molar-refractivity contribution in [2.24, 2.45) is 5.73 Å². The third kappa shape index (κ3) is 3.15. The van der Waals surface area contributed by atoms with E-state index in [9.17, 15) is 14.4 Å². The van der Waals surface area contributed by atoms with Crippen molar-refractivity contribution in [1.29, 1.82) is 0 Å². The molecular weight excluding hydrogens is 356 g/mol. The maximum absolute atomic E-state index is 13.1. The van der Waals surface area contributed by atoms with Crippen LogP contribution in [0, 0.1) is 6.92 Å². The Hall–Kier alpha value is -3.48. The molecule has 3 aromatic rings. The van der Waals surface area contributed by atoms with Gasteiger partial charge in [0.1, 0.15) is 5.56 Å². The number of nitrogens with zero attached hydrogens (tertiary/aromatic N) is 1. The summed E-state index contributed by atoms with van der Waals surface area (Å²) in [5.74, 6) is -0.998. The van der Waals surface area contributed by atoms with E-state index in [0.717, 1.165) is 34.3 Å². The average Bonchev–Trinajstić information content (AvgIpc) is 2.66. The Kier molecular flexibility index (Phi) is 4.43. The minimum absolute atomic E-state index is 0.0925. The van der Waals surface area contributed by atoms with Crippen LogP contribution < -0.4 is 16.6 Å². The number of pyridine rings is 2. The van der Waals surface area contributed by atoms with Crippen LogP contribution in [0.5, 0.6) is 0 Å². The highest BCUT2D eigenvalue weighted by Gasteiger charge is 2.26. The van der Waals surface area contributed by atoms with Crippen LogP contribution >= 0.6 is 0 Å². The molecule has 7 nitrogen and oxygen atoms in total. The quantitative estimate of drug-likeness (QED) is 0.649. The Morgan fingerprint density at radius 3 is 2.79 bits per heavy atom. The minimum Gasteiger partial charge on any atom is -0.365 e. The molecular formula is C21H20N4O3. The second kappa shape index (κ2) is 6.92. The fourth-order valence-electron chi connectivity index (χ4n) is 3.81. The van der Waals surface area contributed by atoms with Crippen molar-refractivity contribution in [2.45, 2.75) is 32.2 Å². The summed E-state index contributed by atoms with van der Waals surface area (Å²) in [7, 11) is 0. The molecule has 2 heterocycles. The lowest BCUT2D eigenvalue weighted by Gasteiger charge is -2.26. The van der Waals surface area contributed by atoms with Crippen LogP contribution in [-0.2, 0) is 6.42 Å². The highest BCUT2D eigenvalue weighted by Crippen LogP contribution is 2.29. The van der Waals surface area contributed by atoms with Gasteiger partial charge in [0.2, 0.25) is 0 Å². The lowest BCUT2D eigenvalue weighted by Crippen LogP contribution is -2.34. The number of hydrogen-bond acceptors (Lipinski definition) is 4. The van der Waals surface area contributed by atoms with Crippen molar-refractivity contribution in [3.63, 3.8) is 0 Å². The summed E-state index contributed by atoms with van der Waals surface area (Å²) >= 11 is 0. The lowest BCUT2D eigenvalue weighted by molar-refractivity contribution is 0.0933. The molecule has 4 N–H and O–H groups in total. The van der Waals surface area contributed by atoms with Gasteiger partial charge < -0.3 is 16.0 Å². The number of benzene rings is 1. The molecule has 1 unspecified atom stereocenters. The van der Waals surface area contributed by atoms with E-state index < -0.39 is 11.5 Å². The molecule has 1 atom stereocenters. The van der Waals surface area contributed by atoms with Crippen LogP contribution in [-0.4, -0.2) is 21.8 Å². The van der Waals surface area contributed by atoms with E-state index in [2.05, 4.69) is 15.3 Å². The van der Waals surface area contributed by atoms with Gasteiger partial charge in [-0.3, -0.25) is 19.4 Å². The predicted molar refractivity (Wildman–Crippen MR) is 105 cm³/mol. The number of primary amides is 1. The first-order valence-corrected chi connectivity index (χ1v) is 9.17. The Morgan fingerprint density at radius 2 is 2.00 bits per heavy atom. The van der Waals surface area contributed by atoms with Crippen LogP contribution in [0.15, 0.2) is 41.2 Å². The summed E-state index contributed by atoms with van der Waals surface area (Å²) in [6.45, 7) is 1.85. The lowest BCUT2D eigenvalue weighted by atomic mass is 9.90. The number of hydrogen-bond donors (Lipinski definition) is 3. The molecule has 0 radical (unpaired) electrons. The van der Waals surface area contributed by atoms with Gasteiger partial charge in [-0.1, -0.05) is 18.2 Å². The van der Waals surface area contributed by atoms with Crippen molar-refractivity contribution < 1.29 is 9.59 Å². The fraction of sp³-hybridized carbons (Fsp3) is 0.238. The fourth-order valence-corrected chi connectivity index (χ4v) is 3.81. The first kappa shape index (κ1) is 17.9.